The average Bonchev–Trinajstić information content (AvgIpc) is 2.61. The molecule has 3 rings (SSSR count). The maximum atomic E-state index is 6.39. The summed E-state index contributed by atoms with van der Waals surface area (Å²) in [6.07, 6.45) is 3.93. The summed E-state index contributed by atoms with van der Waals surface area (Å²) >= 11 is 0. The van der Waals surface area contributed by atoms with Gasteiger partial charge in [0.15, 0.2) is 0 Å². The molecule has 1 heterocycles. The molecule has 122 valence electrons. The highest BCUT2D eigenvalue weighted by molar-refractivity contribution is 5.73. The fourth-order valence-electron chi connectivity index (χ4n) is 3.35. The van der Waals surface area contributed by atoms with Crippen LogP contribution in [0.3, 0.4) is 0 Å². The summed E-state index contributed by atoms with van der Waals surface area (Å²) in [6.45, 7) is 6.33. The number of nitrogen functional groups attached to an aromatic ring is 1. The van der Waals surface area contributed by atoms with Gasteiger partial charge in [0, 0.05) is 31.9 Å². The van der Waals surface area contributed by atoms with Crippen LogP contribution in [0.1, 0.15) is 31.7 Å². The van der Waals surface area contributed by atoms with Crippen LogP contribution in [0.2, 0.25) is 0 Å². The van der Waals surface area contributed by atoms with E-state index in [9.17, 15) is 0 Å². The van der Waals surface area contributed by atoms with Crippen molar-refractivity contribution in [3.63, 3.8) is 0 Å². The molecule has 23 heavy (non-hydrogen) atoms. The van der Waals surface area contributed by atoms with Crippen LogP contribution in [0.25, 0.3) is 0 Å². The van der Waals surface area contributed by atoms with E-state index in [-0.39, 0.29) is 0 Å². The van der Waals surface area contributed by atoms with Crippen LogP contribution in [-0.4, -0.2) is 19.6 Å². The van der Waals surface area contributed by atoms with E-state index in [1.807, 2.05) is 0 Å². The predicted octanol–water partition coefficient (Wildman–Crippen LogP) is 4.29. The summed E-state index contributed by atoms with van der Waals surface area (Å²) in [6, 6.07) is 17.1. The van der Waals surface area contributed by atoms with E-state index >= 15 is 0 Å². The fourth-order valence-corrected chi connectivity index (χ4v) is 3.35. The third-order valence-corrected chi connectivity index (χ3v) is 4.67. The molecule has 0 spiro atoms. The van der Waals surface area contributed by atoms with Crippen LogP contribution < -0.4 is 15.5 Å². The summed E-state index contributed by atoms with van der Waals surface area (Å²) in [5.41, 5.74) is 11.0. The third kappa shape index (κ3) is 3.79. The minimum atomic E-state index is 0.880. The van der Waals surface area contributed by atoms with Crippen molar-refractivity contribution in [1.29, 1.82) is 0 Å². The van der Waals surface area contributed by atoms with Crippen LogP contribution in [0.4, 0.5) is 17.1 Å². The Labute approximate surface area is 139 Å². The van der Waals surface area contributed by atoms with E-state index in [1.54, 1.807) is 0 Å². The number of nitrogens with two attached hydrogens (primary N) is 1. The largest absolute Gasteiger partial charge is 0.397 e. The fraction of sp³-hybridized carbons (Fsp3) is 0.400. The molecule has 0 atom stereocenters. The van der Waals surface area contributed by atoms with Gasteiger partial charge in [-0.3, -0.25) is 0 Å². The number of hydrogen-bond donors (Lipinski definition) is 1. The minimum absolute atomic E-state index is 0.880. The lowest BCUT2D eigenvalue weighted by atomic mass is 10.1. The molecular weight excluding hydrogens is 282 g/mol. The molecule has 0 saturated carbocycles. The van der Waals surface area contributed by atoms with Crippen LogP contribution in [0.15, 0.2) is 48.5 Å². The van der Waals surface area contributed by atoms with E-state index < -0.39 is 0 Å². The molecule has 1 aliphatic heterocycles. The second kappa shape index (κ2) is 7.40. The Balaban J connectivity index is 1.78. The maximum Gasteiger partial charge on any atom is 0.0604 e. The first-order chi connectivity index (χ1) is 11.3. The molecule has 0 unspecified atom stereocenters. The van der Waals surface area contributed by atoms with Crippen molar-refractivity contribution in [2.45, 2.75) is 32.7 Å². The van der Waals surface area contributed by atoms with E-state index in [2.05, 4.69) is 65.3 Å². The molecule has 0 bridgehead atoms. The maximum absolute atomic E-state index is 6.39. The molecule has 1 fully saturated rings. The minimum Gasteiger partial charge on any atom is -0.397 e. The van der Waals surface area contributed by atoms with Crippen LogP contribution >= 0.6 is 0 Å². The lowest BCUT2D eigenvalue weighted by molar-refractivity contribution is 0.578. The van der Waals surface area contributed by atoms with Crippen molar-refractivity contribution >= 4 is 17.1 Å². The van der Waals surface area contributed by atoms with Gasteiger partial charge in [-0.25, -0.2) is 0 Å². The molecule has 1 aliphatic rings. The summed E-state index contributed by atoms with van der Waals surface area (Å²) < 4.78 is 0. The summed E-state index contributed by atoms with van der Waals surface area (Å²) in [7, 11) is 0. The lowest BCUT2D eigenvalue weighted by Gasteiger charge is -2.30. The monoisotopic (exact) mass is 309 g/mol. The first kappa shape index (κ1) is 15.7. The second-order valence-corrected chi connectivity index (χ2v) is 6.29. The zero-order valence-electron chi connectivity index (χ0n) is 14.0. The molecule has 2 N–H and O–H groups in total. The number of hydrogen-bond acceptors (Lipinski definition) is 3. The molecule has 0 aliphatic carbocycles. The van der Waals surface area contributed by atoms with Gasteiger partial charge < -0.3 is 15.5 Å². The van der Waals surface area contributed by atoms with Gasteiger partial charge in [0.1, 0.15) is 0 Å². The molecule has 0 amide bonds. The summed E-state index contributed by atoms with van der Waals surface area (Å²) in [5.74, 6) is 0. The van der Waals surface area contributed by atoms with Crippen molar-refractivity contribution in [3.05, 3.63) is 54.1 Å². The van der Waals surface area contributed by atoms with Gasteiger partial charge in [-0.2, -0.15) is 0 Å². The highest BCUT2D eigenvalue weighted by atomic mass is 15.1. The Morgan fingerprint density at radius 2 is 1.74 bits per heavy atom. The second-order valence-electron chi connectivity index (χ2n) is 6.29. The van der Waals surface area contributed by atoms with Gasteiger partial charge in [-0.1, -0.05) is 30.3 Å². The SMILES string of the molecule is CCN(Cc1ccccc1)c1ccc(N2CCCCC2)cc1N. The number of piperidine rings is 1. The summed E-state index contributed by atoms with van der Waals surface area (Å²) in [5, 5.41) is 0. The van der Waals surface area contributed by atoms with Crippen molar-refractivity contribution in [2.24, 2.45) is 0 Å². The predicted molar refractivity (Wildman–Crippen MR) is 100 cm³/mol. The van der Waals surface area contributed by atoms with E-state index in [0.29, 0.717) is 0 Å². The number of rotatable bonds is 5. The number of nitrogens with zero attached hydrogens (tertiary/aromatic N) is 2. The average molecular weight is 309 g/mol. The van der Waals surface area contributed by atoms with Gasteiger partial charge >= 0.3 is 0 Å². The Hall–Kier alpha value is -2.16. The molecule has 2 aromatic carbocycles. The standard InChI is InChI=1S/C20H27N3/c1-2-22(16-17-9-5-3-6-10-17)20-12-11-18(15-19(20)21)23-13-7-4-8-14-23/h3,5-6,9-12,15H,2,4,7-8,13-14,16,21H2,1H3. The van der Waals surface area contributed by atoms with Crippen molar-refractivity contribution in [1.82, 2.24) is 0 Å². The van der Waals surface area contributed by atoms with Crippen LogP contribution in [-0.2, 0) is 6.54 Å². The third-order valence-electron chi connectivity index (χ3n) is 4.67. The van der Waals surface area contributed by atoms with E-state index in [1.165, 1.54) is 30.5 Å². The highest BCUT2D eigenvalue weighted by Gasteiger charge is 2.14. The Morgan fingerprint density at radius 3 is 2.39 bits per heavy atom. The molecule has 3 nitrogen and oxygen atoms in total. The van der Waals surface area contributed by atoms with Gasteiger partial charge in [0.2, 0.25) is 0 Å². The van der Waals surface area contributed by atoms with Gasteiger partial charge in [0.05, 0.1) is 11.4 Å². The van der Waals surface area contributed by atoms with Gasteiger partial charge in [-0.05, 0) is 49.9 Å². The molecular formula is C20H27N3. The Kier molecular flexibility index (Phi) is 5.06. The molecule has 2 aromatic rings. The lowest BCUT2D eigenvalue weighted by Crippen LogP contribution is -2.29. The zero-order chi connectivity index (χ0) is 16.1. The van der Waals surface area contributed by atoms with Crippen LogP contribution in [0.5, 0.6) is 0 Å². The van der Waals surface area contributed by atoms with Gasteiger partial charge in [-0.15, -0.1) is 0 Å². The van der Waals surface area contributed by atoms with E-state index in [4.69, 9.17) is 5.73 Å². The number of benzene rings is 2. The summed E-state index contributed by atoms with van der Waals surface area (Å²) in [4.78, 5) is 4.79. The zero-order valence-corrected chi connectivity index (χ0v) is 14.0. The molecule has 0 radical (unpaired) electrons. The Morgan fingerprint density at radius 1 is 1.00 bits per heavy atom. The normalized spacial score (nSPS) is 14.7. The topological polar surface area (TPSA) is 32.5 Å². The quantitative estimate of drug-likeness (QED) is 0.836. The highest BCUT2D eigenvalue weighted by Crippen LogP contribution is 2.30. The first-order valence-corrected chi connectivity index (χ1v) is 8.71. The van der Waals surface area contributed by atoms with Crippen molar-refractivity contribution < 1.29 is 0 Å². The van der Waals surface area contributed by atoms with Crippen molar-refractivity contribution in [2.75, 3.05) is 35.2 Å². The number of anilines is 3. The molecule has 0 aromatic heterocycles. The van der Waals surface area contributed by atoms with Crippen LogP contribution in [0, 0.1) is 0 Å². The van der Waals surface area contributed by atoms with Gasteiger partial charge in [0.25, 0.3) is 0 Å². The Bertz CT molecular complexity index is 618. The molecule has 1 saturated heterocycles. The first-order valence-electron chi connectivity index (χ1n) is 8.71. The van der Waals surface area contributed by atoms with Crippen molar-refractivity contribution in [3.8, 4) is 0 Å². The molecule has 3 heteroatoms. The van der Waals surface area contributed by atoms with E-state index in [0.717, 1.165) is 37.6 Å². The smallest absolute Gasteiger partial charge is 0.0604 e.